The van der Waals surface area contributed by atoms with Gasteiger partial charge in [0.2, 0.25) is 0 Å². The molecular weight excluding hydrogens is 219 g/mol. The zero-order valence-corrected chi connectivity index (χ0v) is 8.33. The summed E-state index contributed by atoms with van der Waals surface area (Å²) in [5.74, 6) is 0.157. The predicted molar refractivity (Wildman–Crippen MR) is 51.4 cm³/mol. The van der Waals surface area contributed by atoms with E-state index in [1.54, 1.807) is 6.07 Å². The van der Waals surface area contributed by atoms with Crippen LogP contribution in [0.15, 0.2) is 35.2 Å². The van der Waals surface area contributed by atoms with Gasteiger partial charge in [-0.15, -0.1) is 0 Å². The summed E-state index contributed by atoms with van der Waals surface area (Å²) in [4.78, 5) is 25.7. The Morgan fingerprint density at radius 2 is 1.93 bits per heavy atom. The minimum atomic E-state index is -4.35. The largest absolute Gasteiger partial charge is 0.460 e. The van der Waals surface area contributed by atoms with Crippen LogP contribution in [0.3, 0.4) is 0 Å². The minimum Gasteiger partial charge on any atom is -0.460 e. The van der Waals surface area contributed by atoms with Gasteiger partial charge in [0.05, 0.1) is 6.26 Å². The summed E-state index contributed by atoms with van der Waals surface area (Å²) in [5.41, 5.74) is 0. The molecule has 2 rings (SSSR count). The molecule has 2 heterocycles. The van der Waals surface area contributed by atoms with Crippen molar-refractivity contribution in [2.45, 2.75) is 0 Å². The molecule has 0 unspecified atom stereocenters. The highest BCUT2D eigenvalue weighted by Crippen LogP contribution is 2.37. The molecule has 0 amide bonds. The molecule has 78 valence electrons. The SMILES string of the molecule is O=P(O)(O)c1ccoc1-c1ncccn1. The summed E-state index contributed by atoms with van der Waals surface area (Å²) in [6, 6.07) is 2.82. The van der Waals surface area contributed by atoms with Gasteiger partial charge < -0.3 is 14.2 Å². The Morgan fingerprint density at radius 3 is 2.53 bits per heavy atom. The molecule has 6 nitrogen and oxygen atoms in total. The third-order valence-corrected chi connectivity index (χ3v) is 2.71. The molecule has 0 radical (unpaired) electrons. The Balaban J connectivity index is 2.56. The summed E-state index contributed by atoms with van der Waals surface area (Å²) < 4.78 is 16.0. The van der Waals surface area contributed by atoms with Gasteiger partial charge in [-0.3, -0.25) is 4.57 Å². The van der Waals surface area contributed by atoms with E-state index in [1.807, 2.05) is 0 Å². The van der Waals surface area contributed by atoms with Crippen LogP contribution in [0.25, 0.3) is 11.6 Å². The maximum atomic E-state index is 11.1. The van der Waals surface area contributed by atoms with E-state index < -0.39 is 7.60 Å². The average molecular weight is 226 g/mol. The fraction of sp³-hybridized carbons (Fsp3) is 0. The normalized spacial score (nSPS) is 11.6. The maximum absolute atomic E-state index is 11.1. The summed E-state index contributed by atoms with van der Waals surface area (Å²) in [7, 11) is -4.35. The zero-order valence-electron chi connectivity index (χ0n) is 7.44. The molecule has 2 aromatic rings. The van der Waals surface area contributed by atoms with Crippen LogP contribution in [-0.4, -0.2) is 19.8 Å². The minimum absolute atomic E-state index is 0.00364. The van der Waals surface area contributed by atoms with Crippen LogP contribution in [-0.2, 0) is 4.57 Å². The Kier molecular flexibility index (Phi) is 2.40. The summed E-state index contributed by atoms with van der Waals surface area (Å²) in [6.45, 7) is 0. The van der Waals surface area contributed by atoms with E-state index >= 15 is 0 Å². The molecule has 0 aliphatic heterocycles. The van der Waals surface area contributed by atoms with Gasteiger partial charge in [-0.1, -0.05) is 0 Å². The lowest BCUT2D eigenvalue weighted by atomic mass is 10.4. The first-order valence-corrected chi connectivity index (χ1v) is 5.61. The van der Waals surface area contributed by atoms with Crippen LogP contribution in [0, 0.1) is 0 Å². The summed E-state index contributed by atoms with van der Waals surface area (Å²) >= 11 is 0. The highest BCUT2D eigenvalue weighted by molar-refractivity contribution is 7.60. The molecule has 2 aromatic heterocycles. The molecule has 0 spiro atoms. The molecule has 0 aliphatic rings. The number of hydrogen-bond acceptors (Lipinski definition) is 4. The standard InChI is InChI=1S/C8H7N2O4P/c11-15(12,13)6-2-5-14-7(6)8-9-3-1-4-10-8/h1-5H,(H2,11,12,13). The van der Waals surface area contributed by atoms with Gasteiger partial charge >= 0.3 is 7.60 Å². The van der Waals surface area contributed by atoms with Crippen LogP contribution in [0.2, 0.25) is 0 Å². The molecule has 15 heavy (non-hydrogen) atoms. The van der Waals surface area contributed by atoms with E-state index in [4.69, 9.17) is 14.2 Å². The Labute approximate surface area is 84.8 Å². The molecule has 0 aromatic carbocycles. The smallest absolute Gasteiger partial charge is 0.360 e. The fourth-order valence-electron chi connectivity index (χ4n) is 1.12. The van der Waals surface area contributed by atoms with Crippen molar-refractivity contribution in [2.75, 3.05) is 0 Å². The van der Waals surface area contributed by atoms with Gasteiger partial charge in [-0.25, -0.2) is 9.97 Å². The van der Waals surface area contributed by atoms with Crippen molar-refractivity contribution in [3.05, 3.63) is 30.8 Å². The first-order chi connectivity index (χ1) is 7.09. The monoisotopic (exact) mass is 226 g/mol. The lowest BCUT2D eigenvalue weighted by Gasteiger charge is -2.02. The van der Waals surface area contributed by atoms with E-state index in [0.717, 1.165) is 0 Å². The van der Waals surface area contributed by atoms with E-state index in [0.29, 0.717) is 0 Å². The number of hydrogen-bond donors (Lipinski definition) is 2. The van der Waals surface area contributed by atoms with Crippen molar-refractivity contribution in [3.8, 4) is 11.6 Å². The second-order valence-corrected chi connectivity index (χ2v) is 4.32. The topological polar surface area (TPSA) is 96.5 Å². The average Bonchev–Trinajstić information content (AvgIpc) is 2.67. The number of aromatic nitrogens is 2. The summed E-state index contributed by atoms with van der Waals surface area (Å²) in [6.07, 6.45) is 4.13. The highest BCUT2D eigenvalue weighted by atomic mass is 31.2. The molecule has 0 aliphatic carbocycles. The molecule has 7 heteroatoms. The third-order valence-electron chi connectivity index (χ3n) is 1.73. The van der Waals surface area contributed by atoms with Gasteiger partial charge in [0.15, 0.2) is 11.6 Å². The van der Waals surface area contributed by atoms with Crippen molar-refractivity contribution in [1.29, 1.82) is 0 Å². The Hall–Kier alpha value is -1.49. The van der Waals surface area contributed by atoms with E-state index in [2.05, 4.69) is 9.97 Å². The lowest BCUT2D eigenvalue weighted by molar-refractivity contribution is 0.387. The van der Waals surface area contributed by atoms with E-state index in [9.17, 15) is 4.57 Å². The van der Waals surface area contributed by atoms with Crippen LogP contribution in [0.4, 0.5) is 0 Å². The molecular formula is C8H7N2O4P. The van der Waals surface area contributed by atoms with Crippen molar-refractivity contribution < 1.29 is 18.8 Å². The van der Waals surface area contributed by atoms with Crippen molar-refractivity contribution >= 4 is 12.9 Å². The maximum Gasteiger partial charge on any atom is 0.360 e. The number of rotatable bonds is 2. The molecule has 0 bridgehead atoms. The Bertz CT molecular complexity index is 504. The van der Waals surface area contributed by atoms with Crippen LogP contribution in [0.1, 0.15) is 0 Å². The lowest BCUT2D eigenvalue weighted by Crippen LogP contribution is -2.05. The van der Waals surface area contributed by atoms with Crippen LogP contribution < -0.4 is 5.30 Å². The second kappa shape index (κ2) is 3.58. The van der Waals surface area contributed by atoms with Gasteiger partial charge in [0.25, 0.3) is 0 Å². The summed E-state index contributed by atoms with van der Waals surface area (Å²) in [5, 5.41) is -0.200. The molecule has 0 saturated heterocycles. The van der Waals surface area contributed by atoms with E-state index in [1.165, 1.54) is 24.7 Å². The number of furan rings is 1. The first kappa shape index (κ1) is 10.0. The van der Waals surface area contributed by atoms with Gasteiger partial charge in [0, 0.05) is 12.4 Å². The van der Waals surface area contributed by atoms with Gasteiger partial charge in [-0.2, -0.15) is 0 Å². The first-order valence-electron chi connectivity index (χ1n) is 4.00. The second-order valence-electron chi connectivity index (χ2n) is 2.75. The number of nitrogens with zero attached hydrogens (tertiary/aromatic N) is 2. The van der Waals surface area contributed by atoms with Gasteiger partial charge in [-0.05, 0) is 12.1 Å². The zero-order chi connectivity index (χ0) is 10.9. The van der Waals surface area contributed by atoms with Crippen LogP contribution >= 0.6 is 7.60 Å². The molecule has 2 N–H and O–H groups in total. The molecule has 0 saturated carbocycles. The third kappa shape index (κ3) is 1.97. The Morgan fingerprint density at radius 1 is 1.27 bits per heavy atom. The van der Waals surface area contributed by atoms with E-state index in [-0.39, 0.29) is 16.9 Å². The fourth-order valence-corrected chi connectivity index (χ4v) is 1.79. The quantitative estimate of drug-likeness (QED) is 0.725. The van der Waals surface area contributed by atoms with Crippen molar-refractivity contribution in [3.63, 3.8) is 0 Å². The van der Waals surface area contributed by atoms with Crippen LogP contribution in [0.5, 0.6) is 0 Å². The van der Waals surface area contributed by atoms with Crippen molar-refractivity contribution in [1.82, 2.24) is 9.97 Å². The highest BCUT2D eigenvalue weighted by Gasteiger charge is 2.26. The van der Waals surface area contributed by atoms with Gasteiger partial charge in [0.1, 0.15) is 5.30 Å². The molecule has 0 atom stereocenters. The van der Waals surface area contributed by atoms with Crippen molar-refractivity contribution in [2.24, 2.45) is 0 Å². The predicted octanol–water partition coefficient (Wildman–Crippen LogP) is 0.540. The molecule has 0 fully saturated rings.